The number of likely N-dealkylation sites (tertiary alicyclic amines) is 1. The number of nitrogens with one attached hydrogen (secondary N) is 1. The van der Waals surface area contributed by atoms with Crippen molar-refractivity contribution in [3.8, 4) is 0 Å². The first kappa shape index (κ1) is 13.4. The Morgan fingerprint density at radius 2 is 2.16 bits per heavy atom. The molecule has 2 heterocycles. The third-order valence-electron chi connectivity index (χ3n) is 5.97. The van der Waals surface area contributed by atoms with Crippen molar-refractivity contribution in [3.63, 3.8) is 0 Å². The standard InChI is InChI=1S/C16H28N2O/c1-4-14-12-9-17-8-11(12)10-18(14)15(19)13-6-5-7-16(13,2)3/h11-14,17H,4-10H2,1-3H3. The van der Waals surface area contributed by atoms with Gasteiger partial charge in [0, 0.05) is 31.6 Å². The molecule has 3 heteroatoms. The second-order valence-corrected chi connectivity index (χ2v) is 7.48. The second kappa shape index (κ2) is 4.76. The van der Waals surface area contributed by atoms with Gasteiger partial charge in [0.1, 0.15) is 0 Å². The van der Waals surface area contributed by atoms with Crippen LogP contribution < -0.4 is 5.32 Å². The molecule has 3 aliphatic rings. The van der Waals surface area contributed by atoms with Crippen molar-refractivity contribution in [2.45, 2.75) is 52.5 Å². The van der Waals surface area contributed by atoms with Gasteiger partial charge in [-0.2, -0.15) is 0 Å². The van der Waals surface area contributed by atoms with E-state index in [0.717, 1.165) is 32.5 Å². The lowest BCUT2D eigenvalue weighted by atomic mass is 9.81. The number of fused-ring (bicyclic) bond motifs is 1. The van der Waals surface area contributed by atoms with E-state index >= 15 is 0 Å². The van der Waals surface area contributed by atoms with Crippen LogP contribution in [0.3, 0.4) is 0 Å². The molecule has 0 bridgehead atoms. The first-order valence-corrected chi connectivity index (χ1v) is 8.06. The van der Waals surface area contributed by atoms with Gasteiger partial charge in [0.2, 0.25) is 5.91 Å². The van der Waals surface area contributed by atoms with Gasteiger partial charge in [-0.25, -0.2) is 0 Å². The van der Waals surface area contributed by atoms with Gasteiger partial charge in [0.25, 0.3) is 0 Å². The van der Waals surface area contributed by atoms with Crippen LogP contribution in [-0.4, -0.2) is 36.5 Å². The molecule has 0 aromatic heterocycles. The monoisotopic (exact) mass is 264 g/mol. The SMILES string of the molecule is CCC1C2CNCC2CN1C(=O)C1CCCC1(C)C. The minimum atomic E-state index is 0.214. The molecule has 0 aromatic carbocycles. The molecular weight excluding hydrogens is 236 g/mol. The molecule has 1 N–H and O–H groups in total. The van der Waals surface area contributed by atoms with Crippen LogP contribution in [0.25, 0.3) is 0 Å². The highest BCUT2D eigenvalue weighted by Crippen LogP contribution is 2.45. The highest BCUT2D eigenvalue weighted by Gasteiger charge is 2.49. The lowest BCUT2D eigenvalue weighted by Crippen LogP contribution is -2.45. The zero-order valence-electron chi connectivity index (χ0n) is 12.6. The van der Waals surface area contributed by atoms with E-state index in [2.05, 4.69) is 31.0 Å². The van der Waals surface area contributed by atoms with Crippen LogP contribution in [0.2, 0.25) is 0 Å². The van der Waals surface area contributed by atoms with E-state index in [1.165, 1.54) is 12.8 Å². The van der Waals surface area contributed by atoms with E-state index in [4.69, 9.17) is 0 Å². The number of carbonyl (C=O) groups is 1. The molecule has 1 aliphatic carbocycles. The zero-order valence-corrected chi connectivity index (χ0v) is 12.6. The van der Waals surface area contributed by atoms with Crippen LogP contribution in [0.4, 0.5) is 0 Å². The maximum atomic E-state index is 13.0. The van der Waals surface area contributed by atoms with Crippen LogP contribution in [-0.2, 0) is 4.79 Å². The van der Waals surface area contributed by atoms with Crippen LogP contribution in [0.5, 0.6) is 0 Å². The molecular formula is C16H28N2O. The fourth-order valence-electron chi connectivity index (χ4n) is 4.78. The quantitative estimate of drug-likeness (QED) is 0.830. The Labute approximate surface area is 117 Å². The predicted molar refractivity (Wildman–Crippen MR) is 76.8 cm³/mol. The second-order valence-electron chi connectivity index (χ2n) is 7.48. The van der Waals surface area contributed by atoms with Gasteiger partial charge in [-0.05, 0) is 36.5 Å². The smallest absolute Gasteiger partial charge is 0.226 e. The fourth-order valence-corrected chi connectivity index (χ4v) is 4.78. The van der Waals surface area contributed by atoms with Gasteiger partial charge in [0.05, 0.1) is 0 Å². The van der Waals surface area contributed by atoms with E-state index in [1.54, 1.807) is 0 Å². The van der Waals surface area contributed by atoms with Crippen LogP contribution in [0.15, 0.2) is 0 Å². The summed E-state index contributed by atoms with van der Waals surface area (Å²) >= 11 is 0. The van der Waals surface area contributed by atoms with Crippen molar-refractivity contribution < 1.29 is 4.79 Å². The molecule has 3 fully saturated rings. The first-order chi connectivity index (χ1) is 9.04. The lowest BCUT2D eigenvalue weighted by molar-refractivity contribution is -0.139. The number of hydrogen-bond acceptors (Lipinski definition) is 2. The largest absolute Gasteiger partial charge is 0.339 e. The highest BCUT2D eigenvalue weighted by molar-refractivity contribution is 5.80. The van der Waals surface area contributed by atoms with Crippen molar-refractivity contribution >= 4 is 5.91 Å². The van der Waals surface area contributed by atoms with E-state index in [9.17, 15) is 4.79 Å². The van der Waals surface area contributed by atoms with Gasteiger partial charge < -0.3 is 10.2 Å². The topological polar surface area (TPSA) is 32.3 Å². The molecule has 0 aromatic rings. The lowest BCUT2D eigenvalue weighted by Gasteiger charge is -2.34. The van der Waals surface area contributed by atoms with Crippen molar-refractivity contribution in [3.05, 3.63) is 0 Å². The number of amides is 1. The van der Waals surface area contributed by atoms with Gasteiger partial charge >= 0.3 is 0 Å². The van der Waals surface area contributed by atoms with Gasteiger partial charge in [0.15, 0.2) is 0 Å². The number of hydrogen-bond donors (Lipinski definition) is 1. The van der Waals surface area contributed by atoms with Crippen molar-refractivity contribution in [2.75, 3.05) is 19.6 Å². The maximum Gasteiger partial charge on any atom is 0.226 e. The number of carbonyl (C=O) groups excluding carboxylic acids is 1. The molecule has 0 spiro atoms. The van der Waals surface area contributed by atoms with Crippen LogP contribution in [0.1, 0.15) is 46.5 Å². The molecule has 2 saturated heterocycles. The van der Waals surface area contributed by atoms with E-state index in [-0.39, 0.29) is 11.3 Å². The van der Waals surface area contributed by atoms with Crippen LogP contribution >= 0.6 is 0 Å². The fraction of sp³-hybridized carbons (Fsp3) is 0.938. The average molecular weight is 264 g/mol. The molecule has 3 nitrogen and oxygen atoms in total. The van der Waals surface area contributed by atoms with E-state index in [0.29, 0.717) is 23.8 Å². The van der Waals surface area contributed by atoms with Gasteiger partial charge in [-0.1, -0.05) is 27.2 Å². The zero-order chi connectivity index (χ0) is 13.6. The summed E-state index contributed by atoms with van der Waals surface area (Å²) in [5, 5.41) is 3.50. The van der Waals surface area contributed by atoms with Crippen molar-refractivity contribution in [1.82, 2.24) is 10.2 Å². The Morgan fingerprint density at radius 3 is 2.79 bits per heavy atom. The summed E-state index contributed by atoms with van der Waals surface area (Å²) in [6, 6.07) is 0.490. The molecule has 108 valence electrons. The molecule has 19 heavy (non-hydrogen) atoms. The summed E-state index contributed by atoms with van der Waals surface area (Å²) in [4.78, 5) is 15.2. The molecule has 0 radical (unpaired) electrons. The summed E-state index contributed by atoms with van der Waals surface area (Å²) in [6.07, 6.45) is 4.65. The number of rotatable bonds is 2. The Hall–Kier alpha value is -0.570. The predicted octanol–water partition coefficient (Wildman–Crippen LogP) is 2.27. The Morgan fingerprint density at radius 1 is 1.37 bits per heavy atom. The minimum absolute atomic E-state index is 0.214. The summed E-state index contributed by atoms with van der Waals surface area (Å²) in [5.41, 5.74) is 0.214. The third kappa shape index (κ3) is 2.10. The molecule has 2 aliphatic heterocycles. The Bertz CT molecular complexity index is 366. The first-order valence-electron chi connectivity index (χ1n) is 8.06. The van der Waals surface area contributed by atoms with Crippen molar-refractivity contribution in [1.29, 1.82) is 0 Å². The third-order valence-corrected chi connectivity index (χ3v) is 5.97. The normalized spacial score (nSPS) is 40.7. The Kier molecular flexibility index (Phi) is 3.36. The average Bonchev–Trinajstić information content (AvgIpc) is 3.00. The number of nitrogens with zero attached hydrogens (tertiary/aromatic N) is 1. The molecule has 4 unspecified atom stereocenters. The van der Waals surface area contributed by atoms with Crippen molar-refractivity contribution in [2.24, 2.45) is 23.2 Å². The summed E-state index contributed by atoms with van der Waals surface area (Å²) in [6.45, 7) is 10.0. The summed E-state index contributed by atoms with van der Waals surface area (Å²) in [7, 11) is 0. The summed E-state index contributed by atoms with van der Waals surface area (Å²) in [5.74, 6) is 2.15. The Balaban J connectivity index is 1.76. The molecule has 3 rings (SSSR count). The van der Waals surface area contributed by atoms with E-state index < -0.39 is 0 Å². The highest BCUT2D eigenvalue weighted by atomic mass is 16.2. The van der Waals surface area contributed by atoms with Gasteiger partial charge in [-0.3, -0.25) is 4.79 Å². The van der Waals surface area contributed by atoms with E-state index in [1.807, 2.05) is 0 Å². The maximum absolute atomic E-state index is 13.0. The molecule has 4 atom stereocenters. The molecule has 1 saturated carbocycles. The minimum Gasteiger partial charge on any atom is -0.339 e. The molecule has 1 amide bonds. The van der Waals surface area contributed by atoms with Crippen LogP contribution in [0, 0.1) is 23.2 Å². The van der Waals surface area contributed by atoms with Gasteiger partial charge in [-0.15, -0.1) is 0 Å². The summed E-state index contributed by atoms with van der Waals surface area (Å²) < 4.78 is 0.